The Morgan fingerprint density at radius 2 is 0.597 bits per heavy atom. The Hall–Kier alpha value is -4.19. The SMILES string of the molecule is CC/C=C\C/C=C\C/C=C\C/C=C\C/C=C\CCCCCCCC(=O)OCC(COC(=O)C/C=C\C/C=C\C/C=C\C/C=C\C/C=C\CC)OC(=O)CCCCCCCCCCCCCCCCCCCC. The predicted molar refractivity (Wildman–Crippen MR) is 311 cm³/mol. The lowest BCUT2D eigenvalue weighted by Crippen LogP contribution is -2.30. The maximum absolute atomic E-state index is 12.9. The molecule has 0 saturated heterocycles. The quantitative estimate of drug-likeness (QED) is 0.0261. The van der Waals surface area contributed by atoms with Crippen molar-refractivity contribution in [1.82, 2.24) is 0 Å². The lowest BCUT2D eigenvalue weighted by Gasteiger charge is -2.18. The zero-order valence-electron chi connectivity index (χ0n) is 46.7. The normalized spacial score (nSPS) is 13.0. The van der Waals surface area contributed by atoms with Gasteiger partial charge < -0.3 is 14.2 Å². The van der Waals surface area contributed by atoms with Crippen LogP contribution in [0.25, 0.3) is 0 Å². The fraction of sp³-hybridized carbons (Fsp3) is 0.652. The summed E-state index contributed by atoms with van der Waals surface area (Å²) in [6.45, 7) is 6.32. The molecule has 0 aromatic heterocycles. The van der Waals surface area contributed by atoms with Crippen molar-refractivity contribution in [2.45, 2.75) is 264 Å². The number of rotatable bonds is 52. The number of esters is 3. The van der Waals surface area contributed by atoms with Crippen molar-refractivity contribution in [3.8, 4) is 0 Å². The van der Waals surface area contributed by atoms with Gasteiger partial charge in [0.25, 0.3) is 0 Å². The minimum absolute atomic E-state index is 0.119. The summed E-state index contributed by atoms with van der Waals surface area (Å²) in [6, 6.07) is 0. The molecule has 0 rings (SSSR count). The summed E-state index contributed by atoms with van der Waals surface area (Å²) in [5.74, 6) is -1.07. The summed E-state index contributed by atoms with van der Waals surface area (Å²) in [5, 5.41) is 0. The fourth-order valence-corrected chi connectivity index (χ4v) is 7.90. The van der Waals surface area contributed by atoms with Gasteiger partial charge in [-0.3, -0.25) is 14.4 Å². The van der Waals surface area contributed by atoms with E-state index in [4.69, 9.17) is 14.2 Å². The van der Waals surface area contributed by atoms with Crippen molar-refractivity contribution < 1.29 is 28.6 Å². The first-order valence-electron chi connectivity index (χ1n) is 29.5. The van der Waals surface area contributed by atoms with E-state index in [1.807, 2.05) is 6.08 Å². The number of allylic oxidation sites excluding steroid dienone is 19. The molecule has 0 fully saturated rings. The van der Waals surface area contributed by atoms with E-state index in [9.17, 15) is 14.4 Å². The molecule has 0 radical (unpaired) electrons. The summed E-state index contributed by atoms with van der Waals surface area (Å²) >= 11 is 0. The van der Waals surface area contributed by atoms with E-state index < -0.39 is 12.1 Å². The summed E-state index contributed by atoms with van der Waals surface area (Å²) in [5.41, 5.74) is 0. The first-order chi connectivity index (χ1) is 35.5. The molecule has 1 unspecified atom stereocenters. The van der Waals surface area contributed by atoms with Crippen LogP contribution in [0.5, 0.6) is 0 Å². The Labute approximate surface area is 443 Å². The van der Waals surface area contributed by atoms with Crippen LogP contribution in [0.3, 0.4) is 0 Å². The van der Waals surface area contributed by atoms with Gasteiger partial charge in [0.15, 0.2) is 6.10 Å². The molecule has 0 heterocycles. The van der Waals surface area contributed by atoms with Crippen molar-refractivity contribution in [3.63, 3.8) is 0 Å². The van der Waals surface area contributed by atoms with E-state index in [2.05, 4.69) is 130 Å². The number of hydrogen-bond donors (Lipinski definition) is 0. The molecule has 0 aliphatic carbocycles. The van der Waals surface area contributed by atoms with Crippen LogP contribution in [0.15, 0.2) is 122 Å². The van der Waals surface area contributed by atoms with Gasteiger partial charge in [-0.2, -0.15) is 0 Å². The Morgan fingerprint density at radius 1 is 0.306 bits per heavy atom. The molecule has 72 heavy (non-hydrogen) atoms. The average molecular weight is 998 g/mol. The highest BCUT2D eigenvalue weighted by molar-refractivity contribution is 5.72. The van der Waals surface area contributed by atoms with Crippen LogP contribution < -0.4 is 0 Å². The minimum Gasteiger partial charge on any atom is -0.462 e. The third-order valence-corrected chi connectivity index (χ3v) is 12.2. The molecular weight excluding hydrogens is 889 g/mol. The van der Waals surface area contributed by atoms with E-state index in [1.165, 1.54) is 96.3 Å². The summed E-state index contributed by atoms with van der Waals surface area (Å²) in [4.78, 5) is 38.2. The topological polar surface area (TPSA) is 78.9 Å². The largest absolute Gasteiger partial charge is 0.462 e. The zero-order chi connectivity index (χ0) is 52.2. The molecule has 0 aliphatic rings. The Morgan fingerprint density at radius 3 is 0.972 bits per heavy atom. The van der Waals surface area contributed by atoms with Crippen LogP contribution >= 0.6 is 0 Å². The molecule has 1 atom stereocenters. The fourth-order valence-electron chi connectivity index (χ4n) is 7.90. The van der Waals surface area contributed by atoms with E-state index in [1.54, 1.807) is 6.08 Å². The number of carbonyl (C=O) groups excluding carboxylic acids is 3. The Balaban J connectivity index is 4.50. The molecule has 0 bridgehead atoms. The lowest BCUT2D eigenvalue weighted by molar-refractivity contribution is -0.166. The molecule has 0 aromatic carbocycles. The van der Waals surface area contributed by atoms with Gasteiger partial charge in [-0.15, -0.1) is 0 Å². The van der Waals surface area contributed by atoms with Gasteiger partial charge in [-0.1, -0.05) is 271 Å². The summed E-state index contributed by atoms with van der Waals surface area (Å²) < 4.78 is 16.8. The summed E-state index contributed by atoms with van der Waals surface area (Å²) in [7, 11) is 0. The highest BCUT2D eigenvalue weighted by Crippen LogP contribution is 2.16. The molecule has 0 spiro atoms. The van der Waals surface area contributed by atoms with Gasteiger partial charge in [0, 0.05) is 12.8 Å². The highest BCUT2D eigenvalue weighted by Gasteiger charge is 2.19. The monoisotopic (exact) mass is 997 g/mol. The van der Waals surface area contributed by atoms with E-state index in [0.29, 0.717) is 12.8 Å². The van der Waals surface area contributed by atoms with Crippen LogP contribution in [0.4, 0.5) is 0 Å². The lowest BCUT2D eigenvalue weighted by atomic mass is 10.0. The molecule has 6 heteroatoms. The molecule has 0 saturated carbocycles. The van der Waals surface area contributed by atoms with Crippen molar-refractivity contribution in [1.29, 1.82) is 0 Å². The van der Waals surface area contributed by atoms with E-state index >= 15 is 0 Å². The second-order valence-corrected chi connectivity index (χ2v) is 19.2. The van der Waals surface area contributed by atoms with Crippen LogP contribution in [-0.4, -0.2) is 37.2 Å². The molecule has 6 nitrogen and oxygen atoms in total. The van der Waals surface area contributed by atoms with E-state index in [-0.39, 0.29) is 31.6 Å². The standard InChI is InChI=1S/C66H108O6/c1-4-7-10-13-16-19-22-25-28-30-32-33-34-36-38-41-44-47-50-53-56-59-65(68)71-62-63(61-70-64(67)58-55-52-49-46-43-40-37-27-24-21-18-15-12-9-6-3)72-66(69)60-57-54-51-48-45-42-39-35-31-29-26-23-20-17-14-11-8-5-2/h7,9-10,12,16,18-19,21,25,27-28,32-33,36-38,43,46,52,55,63H,4-6,8,11,13-15,17,20,22-24,26,29-31,34-35,39-42,44-45,47-51,53-54,56-62H2,1-3H3/b10-7-,12-9-,19-16-,21-18-,28-25-,33-32-,37-27-,38-36-,46-43-,55-52-. The summed E-state index contributed by atoms with van der Waals surface area (Å²) in [6.07, 6.45) is 82.2. The van der Waals surface area contributed by atoms with Gasteiger partial charge in [0.1, 0.15) is 13.2 Å². The number of ether oxygens (including phenoxy) is 3. The zero-order valence-corrected chi connectivity index (χ0v) is 46.7. The van der Waals surface area contributed by atoms with Crippen molar-refractivity contribution in [3.05, 3.63) is 122 Å². The van der Waals surface area contributed by atoms with Gasteiger partial charge in [0.2, 0.25) is 0 Å². The van der Waals surface area contributed by atoms with Gasteiger partial charge >= 0.3 is 17.9 Å². The third kappa shape index (κ3) is 56.7. The van der Waals surface area contributed by atoms with Gasteiger partial charge in [-0.25, -0.2) is 0 Å². The second kappa shape index (κ2) is 59.4. The number of hydrogen-bond acceptors (Lipinski definition) is 6. The molecule has 0 aliphatic heterocycles. The first-order valence-corrected chi connectivity index (χ1v) is 29.5. The Kier molecular flexibility index (Phi) is 55.9. The van der Waals surface area contributed by atoms with Crippen LogP contribution in [0.1, 0.15) is 258 Å². The van der Waals surface area contributed by atoms with Crippen LogP contribution in [0.2, 0.25) is 0 Å². The maximum Gasteiger partial charge on any atom is 0.309 e. The van der Waals surface area contributed by atoms with Crippen molar-refractivity contribution in [2.75, 3.05) is 13.2 Å². The molecule has 0 N–H and O–H groups in total. The van der Waals surface area contributed by atoms with Crippen LogP contribution in [-0.2, 0) is 28.6 Å². The average Bonchev–Trinajstić information content (AvgIpc) is 3.38. The van der Waals surface area contributed by atoms with Crippen molar-refractivity contribution >= 4 is 17.9 Å². The number of carbonyl (C=O) groups is 3. The maximum atomic E-state index is 12.9. The van der Waals surface area contributed by atoms with E-state index in [0.717, 1.165) is 122 Å². The minimum atomic E-state index is -0.828. The first kappa shape index (κ1) is 67.8. The van der Waals surface area contributed by atoms with Gasteiger partial charge in [0.05, 0.1) is 6.42 Å². The highest BCUT2D eigenvalue weighted by atomic mass is 16.6. The number of unbranched alkanes of at least 4 members (excludes halogenated alkanes) is 22. The van der Waals surface area contributed by atoms with Crippen molar-refractivity contribution in [2.24, 2.45) is 0 Å². The second-order valence-electron chi connectivity index (χ2n) is 19.2. The molecule has 408 valence electrons. The molecule has 0 amide bonds. The van der Waals surface area contributed by atoms with Crippen LogP contribution in [0, 0.1) is 0 Å². The van der Waals surface area contributed by atoms with Gasteiger partial charge in [-0.05, 0) is 89.9 Å². The smallest absolute Gasteiger partial charge is 0.309 e. The Bertz CT molecular complexity index is 1520. The molecular formula is C66H108O6. The predicted octanol–water partition coefficient (Wildman–Crippen LogP) is 20.0. The molecule has 0 aromatic rings. The third-order valence-electron chi connectivity index (χ3n) is 12.2.